The van der Waals surface area contributed by atoms with Gasteiger partial charge in [-0.3, -0.25) is 0 Å². The summed E-state index contributed by atoms with van der Waals surface area (Å²) in [6.07, 6.45) is 0. The molecule has 0 atom stereocenters. The minimum atomic E-state index is 0.692. The molecule has 0 aromatic heterocycles. The molecule has 0 fully saturated rings. The van der Waals surface area contributed by atoms with E-state index in [2.05, 4.69) is 4.90 Å². The van der Waals surface area contributed by atoms with E-state index in [9.17, 15) is 0 Å². The van der Waals surface area contributed by atoms with Gasteiger partial charge >= 0.3 is 0 Å². The zero-order valence-corrected chi connectivity index (χ0v) is 11.8. The van der Waals surface area contributed by atoms with Gasteiger partial charge in [0.05, 0.1) is 7.11 Å². The van der Waals surface area contributed by atoms with Gasteiger partial charge < -0.3 is 15.4 Å². The second kappa shape index (κ2) is 5.85. The number of hydrogen-bond acceptors (Lipinski definition) is 3. The maximum absolute atomic E-state index is 6.18. The van der Waals surface area contributed by atoms with Gasteiger partial charge in [0, 0.05) is 36.1 Å². The normalized spacial score (nSPS) is 10.3. The van der Waals surface area contributed by atoms with E-state index in [-0.39, 0.29) is 0 Å². The lowest BCUT2D eigenvalue weighted by atomic mass is 10.2. The molecule has 0 aliphatic heterocycles. The summed E-state index contributed by atoms with van der Waals surface area (Å²) in [6.45, 7) is 0.692. The van der Waals surface area contributed by atoms with E-state index < -0.39 is 0 Å². The molecule has 4 heteroatoms. The summed E-state index contributed by atoms with van der Waals surface area (Å²) in [5.41, 5.74) is 8.59. The Hall–Kier alpha value is -1.87. The third-order valence-corrected chi connectivity index (χ3v) is 3.34. The molecule has 2 aromatic rings. The number of nitrogens with zero attached hydrogens (tertiary/aromatic N) is 1. The molecule has 0 aliphatic rings. The highest BCUT2D eigenvalue weighted by molar-refractivity contribution is 6.31. The number of benzene rings is 2. The summed E-state index contributed by atoms with van der Waals surface area (Å²) in [5, 5.41) is 0.726. The molecule has 0 bridgehead atoms. The molecule has 2 N–H and O–H groups in total. The first-order chi connectivity index (χ1) is 9.10. The molecule has 100 valence electrons. The lowest BCUT2D eigenvalue weighted by Crippen LogP contribution is -2.16. The van der Waals surface area contributed by atoms with Crippen LogP contribution in [-0.4, -0.2) is 14.2 Å². The first-order valence-electron chi connectivity index (χ1n) is 5.99. The van der Waals surface area contributed by atoms with Crippen molar-refractivity contribution >= 4 is 23.0 Å². The fourth-order valence-corrected chi connectivity index (χ4v) is 2.09. The third kappa shape index (κ3) is 3.32. The van der Waals surface area contributed by atoms with Crippen molar-refractivity contribution in [3.05, 3.63) is 53.1 Å². The van der Waals surface area contributed by atoms with Crippen molar-refractivity contribution in [1.29, 1.82) is 0 Å². The number of hydrogen-bond donors (Lipinski definition) is 1. The SMILES string of the molecule is COc1cccc(N(C)Cc2cc(N)ccc2Cl)c1. The molecule has 2 rings (SSSR count). The van der Waals surface area contributed by atoms with Gasteiger partial charge in [0.25, 0.3) is 0 Å². The first kappa shape index (κ1) is 13.6. The van der Waals surface area contributed by atoms with E-state index in [1.165, 1.54) is 0 Å². The molecule has 19 heavy (non-hydrogen) atoms. The van der Waals surface area contributed by atoms with Crippen molar-refractivity contribution in [2.24, 2.45) is 0 Å². The lowest BCUT2D eigenvalue weighted by molar-refractivity contribution is 0.415. The van der Waals surface area contributed by atoms with Crippen LogP contribution in [0.4, 0.5) is 11.4 Å². The topological polar surface area (TPSA) is 38.5 Å². The number of rotatable bonds is 4. The molecule has 3 nitrogen and oxygen atoms in total. The molecule has 0 saturated carbocycles. The van der Waals surface area contributed by atoms with E-state index >= 15 is 0 Å². The van der Waals surface area contributed by atoms with E-state index in [1.807, 2.05) is 43.4 Å². The molecule has 0 heterocycles. The average molecular weight is 277 g/mol. The third-order valence-electron chi connectivity index (χ3n) is 2.97. The Bertz CT molecular complexity index is 572. The summed E-state index contributed by atoms with van der Waals surface area (Å²) in [7, 11) is 3.67. The minimum Gasteiger partial charge on any atom is -0.497 e. The first-order valence-corrected chi connectivity index (χ1v) is 6.37. The largest absolute Gasteiger partial charge is 0.497 e. The van der Waals surface area contributed by atoms with Gasteiger partial charge in [-0.1, -0.05) is 17.7 Å². The van der Waals surface area contributed by atoms with Gasteiger partial charge in [-0.05, 0) is 35.9 Å². The molecule has 0 spiro atoms. The maximum atomic E-state index is 6.18. The highest BCUT2D eigenvalue weighted by atomic mass is 35.5. The lowest BCUT2D eigenvalue weighted by Gasteiger charge is -2.20. The fourth-order valence-electron chi connectivity index (χ4n) is 1.91. The summed E-state index contributed by atoms with van der Waals surface area (Å²) in [6, 6.07) is 13.4. The number of nitrogens with two attached hydrogens (primary N) is 1. The zero-order valence-electron chi connectivity index (χ0n) is 11.1. The summed E-state index contributed by atoms with van der Waals surface area (Å²) in [5.74, 6) is 0.836. The molecule has 0 amide bonds. The van der Waals surface area contributed by atoms with Gasteiger partial charge in [0.1, 0.15) is 5.75 Å². The highest BCUT2D eigenvalue weighted by Gasteiger charge is 2.07. The highest BCUT2D eigenvalue weighted by Crippen LogP contribution is 2.25. The van der Waals surface area contributed by atoms with Crippen molar-refractivity contribution in [2.45, 2.75) is 6.54 Å². The van der Waals surface area contributed by atoms with E-state index in [1.54, 1.807) is 13.2 Å². The summed E-state index contributed by atoms with van der Waals surface area (Å²) < 4.78 is 5.23. The van der Waals surface area contributed by atoms with Crippen LogP contribution < -0.4 is 15.4 Å². The van der Waals surface area contributed by atoms with Gasteiger partial charge in [-0.2, -0.15) is 0 Å². The molecule has 0 saturated heterocycles. The van der Waals surface area contributed by atoms with Crippen molar-refractivity contribution in [2.75, 3.05) is 24.8 Å². The maximum Gasteiger partial charge on any atom is 0.120 e. The van der Waals surface area contributed by atoms with Crippen molar-refractivity contribution in [3.8, 4) is 5.75 Å². The van der Waals surface area contributed by atoms with Crippen molar-refractivity contribution < 1.29 is 4.74 Å². The molecular weight excluding hydrogens is 260 g/mol. The molecule has 2 aromatic carbocycles. The Morgan fingerprint density at radius 3 is 2.74 bits per heavy atom. The van der Waals surface area contributed by atoms with Gasteiger partial charge in [-0.15, -0.1) is 0 Å². The predicted octanol–water partition coefficient (Wildman–Crippen LogP) is 3.57. The molecule has 0 radical (unpaired) electrons. The molecule has 0 unspecified atom stereocenters. The van der Waals surface area contributed by atoms with E-state index in [0.717, 1.165) is 27.7 Å². The number of ether oxygens (including phenoxy) is 1. The van der Waals surface area contributed by atoms with Crippen molar-refractivity contribution in [3.63, 3.8) is 0 Å². The summed E-state index contributed by atoms with van der Waals surface area (Å²) in [4.78, 5) is 2.10. The van der Waals surface area contributed by atoms with Gasteiger partial charge in [0.15, 0.2) is 0 Å². The van der Waals surface area contributed by atoms with Crippen LogP contribution in [0.5, 0.6) is 5.75 Å². The van der Waals surface area contributed by atoms with E-state index in [4.69, 9.17) is 22.1 Å². The standard InChI is InChI=1S/C15H17ClN2O/c1-18(13-4-3-5-14(9-13)19-2)10-11-8-12(17)6-7-15(11)16/h3-9H,10,17H2,1-2H3. The monoisotopic (exact) mass is 276 g/mol. The Kier molecular flexibility index (Phi) is 4.17. The van der Waals surface area contributed by atoms with Crippen LogP contribution in [0.15, 0.2) is 42.5 Å². The zero-order chi connectivity index (χ0) is 13.8. The number of nitrogen functional groups attached to an aromatic ring is 1. The van der Waals surface area contributed by atoms with Crippen LogP contribution >= 0.6 is 11.6 Å². The minimum absolute atomic E-state index is 0.692. The van der Waals surface area contributed by atoms with Crippen molar-refractivity contribution in [1.82, 2.24) is 0 Å². The van der Waals surface area contributed by atoms with Gasteiger partial charge in [0.2, 0.25) is 0 Å². The van der Waals surface area contributed by atoms with E-state index in [0.29, 0.717) is 6.54 Å². The predicted molar refractivity (Wildman–Crippen MR) is 81.0 cm³/mol. The Balaban J connectivity index is 2.20. The molecule has 0 aliphatic carbocycles. The van der Waals surface area contributed by atoms with Crippen LogP contribution in [0.2, 0.25) is 5.02 Å². The Morgan fingerprint density at radius 1 is 1.21 bits per heavy atom. The molecular formula is C15H17ClN2O. The quantitative estimate of drug-likeness (QED) is 0.868. The number of anilines is 2. The number of methoxy groups -OCH3 is 1. The van der Waals surface area contributed by atoms with Crippen LogP contribution in [0.3, 0.4) is 0 Å². The van der Waals surface area contributed by atoms with Crippen LogP contribution in [0.1, 0.15) is 5.56 Å². The second-order valence-electron chi connectivity index (χ2n) is 4.41. The fraction of sp³-hybridized carbons (Fsp3) is 0.200. The number of halogens is 1. The van der Waals surface area contributed by atoms with Gasteiger partial charge in [-0.25, -0.2) is 0 Å². The Morgan fingerprint density at radius 2 is 2.00 bits per heavy atom. The van der Waals surface area contributed by atoms with Crippen LogP contribution in [0, 0.1) is 0 Å². The second-order valence-corrected chi connectivity index (χ2v) is 4.82. The van der Waals surface area contributed by atoms with Crippen LogP contribution in [-0.2, 0) is 6.54 Å². The Labute approximate surface area is 118 Å². The average Bonchev–Trinajstić information content (AvgIpc) is 2.43. The van der Waals surface area contributed by atoms with Crippen LogP contribution in [0.25, 0.3) is 0 Å². The summed E-state index contributed by atoms with van der Waals surface area (Å²) >= 11 is 6.18. The smallest absolute Gasteiger partial charge is 0.120 e.